The molecule has 1 heterocycles. The summed E-state index contributed by atoms with van der Waals surface area (Å²) in [5.74, 6) is 0.528. The number of nitrogens with one attached hydrogen (secondary N) is 1. The molecule has 0 saturated carbocycles. The molecule has 0 bridgehead atoms. The maximum atomic E-state index is 12.0. The van der Waals surface area contributed by atoms with E-state index in [1.807, 2.05) is 18.0 Å². The molecule has 0 aliphatic carbocycles. The fraction of sp³-hybridized carbons (Fsp3) is 0.267. The van der Waals surface area contributed by atoms with E-state index in [-0.39, 0.29) is 12.5 Å². The van der Waals surface area contributed by atoms with Crippen molar-refractivity contribution in [1.29, 1.82) is 0 Å². The molecule has 6 heteroatoms. The van der Waals surface area contributed by atoms with Crippen LogP contribution < -0.4 is 15.8 Å². The number of benzene rings is 1. The number of ether oxygens (including phenoxy) is 1. The van der Waals surface area contributed by atoms with Gasteiger partial charge in [0.2, 0.25) is 5.91 Å². The molecule has 0 radical (unpaired) electrons. The third-order valence-electron chi connectivity index (χ3n) is 2.98. The van der Waals surface area contributed by atoms with E-state index in [9.17, 15) is 4.79 Å². The SMILES string of the molecule is COc1ccc(NC(=O)CN(C)Cc2ccoc2)c(N)c1. The topological polar surface area (TPSA) is 80.7 Å². The second-order valence-electron chi connectivity index (χ2n) is 4.81. The molecule has 0 aliphatic heterocycles. The van der Waals surface area contributed by atoms with Gasteiger partial charge in [0.1, 0.15) is 5.75 Å². The van der Waals surface area contributed by atoms with Crippen LogP contribution in [0.4, 0.5) is 11.4 Å². The Labute approximate surface area is 123 Å². The summed E-state index contributed by atoms with van der Waals surface area (Å²) in [4.78, 5) is 13.9. The average Bonchev–Trinajstić information content (AvgIpc) is 2.93. The number of nitrogens with zero attached hydrogens (tertiary/aromatic N) is 1. The van der Waals surface area contributed by atoms with Crippen molar-refractivity contribution in [3.8, 4) is 5.75 Å². The van der Waals surface area contributed by atoms with Crippen molar-refractivity contribution in [2.75, 3.05) is 31.8 Å². The number of amides is 1. The van der Waals surface area contributed by atoms with Crippen LogP contribution >= 0.6 is 0 Å². The van der Waals surface area contributed by atoms with E-state index < -0.39 is 0 Å². The normalized spacial score (nSPS) is 10.6. The molecule has 112 valence electrons. The van der Waals surface area contributed by atoms with Crippen LogP contribution in [0.5, 0.6) is 5.75 Å². The van der Waals surface area contributed by atoms with Crippen molar-refractivity contribution in [3.05, 3.63) is 42.4 Å². The maximum absolute atomic E-state index is 12.0. The highest BCUT2D eigenvalue weighted by Crippen LogP contribution is 2.23. The first-order chi connectivity index (χ1) is 10.1. The Morgan fingerprint density at radius 3 is 2.86 bits per heavy atom. The largest absolute Gasteiger partial charge is 0.497 e. The fourth-order valence-corrected chi connectivity index (χ4v) is 1.97. The summed E-state index contributed by atoms with van der Waals surface area (Å²) in [5.41, 5.74) is 7.94. The summed E-state index contributed by atoms with van der Waals surface area (Å²) < 4.78 is 10.1. The van der Waals surface area contributed by atoms with Crippen LogP contribution in [-0.2, 0) is 11.3 Å². The summed E-state index contributed by atoms with van der Waals surface area (Å²) in [6.45, 7) is 0.901. The zero-order valence-electron chi connectivity index (χ0n) is 12.1. The molecule has 21 heavy (non-hydrogen) atoms. The van der Waals surface area contributed by atoms with Crippen molar-refractivity contribution < 1.29 is 13.9 Å². The number of hydrogen-bond acceptors (Lipinski definition) is 5. The molecule has 1 aromatic carbocycles. The molecule has 0 unspecified atom stereocenters. The van der Waals surface area contributed by atoms with E-state index in [0.717, 1.165) is 5.56 Å². The van der Waals surface area contributed by atoms with E-state index in [1.165, 1.54) is 0 Å². The molecular weight excluding hydrogens is 270 g/mol. The van der Waals surface area contributed by atoms with Gasteiger partial charge in [-0.3, -0.25) is 9.69 Å². The minimum atomic E-state index is -0.127. The number of anilines is 2. The quantitative estimate of drug-likeness (QED) is 0.794. The number of nitrogen functional groups attached to an aromatic ring is 1. The van der Waals surface area contributed by atoms with E-state index in [2.05, 4.69) is 5.32 Å². The van der Waals surface area contributed by atoms with Gasteiger partial charge in [-0.1, -0.05) is 0 Å². The van der Waals surface area contributed by atoms with Gasteiger partial charge in [-0.2, -0.15) is 0 Å². The third-order valence-corrected chi connectivity index (χ3v) is 2.98. The molecule has 3 N–H and O–H groups in total. The highest BCUT2D eigenvalue weighted by Gasteiger charge is 2.10. The number of methoxy groups -OCH3 is 1. The zero-order valence-corrected chi connectivity index (χ0v) is 12.1. The van der Waals surface area contributed by atoms with E-state index in [0.29, 0.717) is 23.7 Å². The molecule has 6 nitrogen and oxygen atoms in total. The van der Waals surface area contributed by atoms with E-state index in [1.54, 1.807) is 37.8 Å². The van der Waals surface area contributed by atoms with Gasteiger partial charge in [0.15, 0.2) is 0 Å². The number of furan rings is 1. The second kappa shape index (κ2) is 6.81. The lowest BCUT2D eigenvalue weighted by atomic mass is 10.2. The summed E-state index contributed by atoms with van der Waals surface area (Å²) in [7, 11) is 3.43. The summed E-state index contributed by atoms with van der Waals surface area (Å²) >= 11 is 0. The lowest BCUT2D eigenvalue weighted by molar-refractivity contribution is -0.117. The number of rotatable bonds is 6. The molecule has 2 aromatic rings. The first-order valence-electron chi connectivity index (χ1n) is 6.51. The fourth-order valence-electron chi connectivity index (χ4n) is 1.97. The molecule has 0 atom stereocenters. The van der Waals surface area contributed by atoms with Crippen LogP contribution in [0.25, 0.3) is 0 Å². The molecule has 0 saturated heterocycles. The van der Waals surface area contributed by atoms with Gasteiger partial charge in [-0.25, -0.2) is 0 Å². The van der Waals surface area contributed by atoms with Crippen molar-refractivity contribution in [2.45, 2.75) is 6.54 Å². The lowest BCUT2D eigenvalue weighted by Crippen LogP contribution is -2.29. The lowest BCUT2D eigenvalue weighted by Gasteiger charge is -2.16. The minimum absolute atomic E-state index is 0.127. The van der Waals surface area contributed by atoms with Gasteiger partial charge in [-0.15, -0.1) is 0 Å². The number of carbonyl (C=O) groups is 1. The van der Waals surface area contributed by atoms with Gasteiger partial charge in [0.25, 0.3) is 0 Å². The maximum Gasteiger partial charge on any atom is 0.238 e. The van der Waals surface area contributed by atoms with Gasteiger partial charge < -0.3 is 20.2 Å². The highest BCUT2D eigenvalue weighted by molar-refractivity contribution is 5.95. The van der Waals surface area contributed by atoms with Crippen LogP contribution in [0.1, 0.15) is 5.56 Å². The third kappa shape index (κ3) is 4.25. The van der Waals surface area contributed by atoms with Crippen LogP contribution in [0.15, 0.2) is 41.2 Å². The molecule has 0 spiro atoms. The minimum Gasteiger partial charge on any atom is -0.497 e. The van der Waals surface area contributed by atoms with Crippen molar-refractivity contribution in [3.63, 3.8) is 0 Å². The Morgan fingerprint density at radius 1 is 1.43 bits per heavy atom. The van der Waals surface area contributed by atoms with Crippen LogP contribution in [0.3, 0.4) is 0 Å². The molecule has 2 rings (SSSR count). The van der Waals surface area contributed by atoms with Gasteiger partial charge in [0, 0.05) is 18.2 Å². The van der Waals surface area contributed by atoms with E-state index in [4.69, 9.17) is 14.9 Å². The Balaban J connectivity index is 1.89. The Hall–Kier alpha value is -2.47. The number of nitrogens with two attached hydrogens (primary N) is 1. The first-order valence-corrected chi connectivity index (χ1v) is 6.51. The summed E-state index contributed by atoms with van der Waals surface area (Å²) in [6.07, 6.45) is 3.27. The molecule has 1 aromatic heterocycles. The van der Waals surface area contributed by atoms with Gasteiger partial charge >= 0.3 is 0 Å². The standard InChI is InChI=1S/C15H19N3O3/c1-18(8-11-5-6-21-10-11)9-15(19)17-14-4-3-12(20-2)7-13(14)16/h3-7,10H,8-9,16H2,1-2H3,(H,17,19). The van der Waals surface area contributed by atoms with Crippen molar-refractivity contribution in [1.82, 2.24) is 4.90 Å². The van der Waals surface area contributed by atoms with Gasteiger partial charge in [-0.05, 0) is 25.2 Å². The number of carbonyl (C=O) groups excluding carboxylic acids is 1. The van der Waals surface area contributed by atoms with E-state index >= 15 is 0 Å². The van der Waals surface area contributed by atoms with Gasteiger partial charge in [0.05, 0.1) is 37.6 Å². The van der Waals surface area contributed by atoms with Crippen LogP contribution in [-0.4, -0.2) is 31.5 Å². The van der Waals surface area contributed by atoms with Crippen molar-refractivity contribution in [2.24, 2.45) is 0 Å². The number of hydrogen-bond donors (Lipinski definition) is 2. The van der Waals surface area contributed by atoms with Crippen molar-refractivity contribution >= 4 is 17.3 Å². The Morgan fingerprint density at radius 2 is 2.24 bits per heavy atom. The molecule has 0 aliphatic rings. The monoisotopic (exact) mass is 289 g/mol. The number of likely N-dealkylation sites (N-methyl/N-ethyl adjacent to an activating group) is 1. The Bertz CT molecular complexity index is 596. The van der Waals surface area contributed by atoms with Crippen LogP contribution in [0.2, 0.25) is 0 Å². The average molecular weight is 289 g/mol. The molecular formula is C15H19N3O3. The highest BCUT2D eigenvalue weighted by atomic mass is 16.5. The molecule has 1 amide bonds. The van der Waals surface area contributed by atoms with Crippen LogP contribution in [0, 0.1) is 0 Å². The molecule has 0 fully saturated rings. The first kappa shape index (κ1) is 14.9. The zero-order chi connectivity index (χ0) is 15.2. The predicted octanol–water partition coefficient (Wildman–Crippen LogP) is 1.94. The Kier molecular flexibility index (Phi) is 4.84. The smallest absolute Gasteiger partial charge is 0.238 e. The summed E-state index contributed by atoms with van der Waals surface area (Å²) in [5, 5.41) is 2.79. The second-order valence-corrected chi connectivity index (χ2v) is 4.81. The predicted molar refractivity (Wildman–Crippen MR) is 81.1 cm³/mol. The summed E-state index contributed by atoms with van der Waals surface area (Å²) in [6, 6.07) is 7.02.